The molecule has 2 aromatic heterocycles. The van der Waals surface area contributed by atoms with Crippen molar-refractivity contribution in [2.24, 2.45) is 17.1 Å². The first-order valence-corrected chi connectivity index (χ1v) is 9.98. The fourth-order valence-electron chi connectivity index (χ4n) is 3.80. The molecule has 3 rings (SSSR count). The zero-order valence-corrected chi connectivity index (χ0v) is 16.9. The quantitative estimate of drug-likeness (QED) is 0.789. The van der Waals surface area contributed by atoms with E-state index in [-0.39, 0.29) is 5.41 Å². The highest BCUT2D eigenvalue weighted by Crippen LogP contribution is 2.38. The van der Waals surface area contributed by atoms with Gasteiger partial charge in [-0.2, -0.15) is 0 Å². The van der Waals surface area contributed by atoms with Crippen molar-refractivity contribution in [3.63, 3.8) is 0 Å². The minimum Gasteiger partial charge on any atom is -0.382 e. The van der Waals surface area contributed by atoms with Crippen LogP contribution in [0.5, 0.6) is 0 Å². The maximum Gasteiger partial charge on any atom is 0.147 e. The van der Waals surface area contributed by atoms with Gasteiger partial charge in [-0.1, -0.05) is 25.4 Å². The van der Waals surface area contributed by atoms with Gasteiger partial charge in [0.15, 0.2) is 0 Å². The number of aryl methyl sites for hydroxylation is 2. The maximum atomic E-state index is 6.20. The molecule has 2 aromatic rings. The molecule has 0 spiro atoms. The molecule has 7 heteroatoms. The Morgan fingerprint density at radius 1 is 1.15 bits per heavy atom. The van der Waals surface area contributed by atoms with Crippen LogP contribution in [0.1, 0.15) is 37.9 Å². The van der Waals surface area contributed by atoms with Gasteiger partial charge in [0.25, 0.3) is 0 Å². The Kier molecular flexibility index (Phi) is 6.17. The molecule has 146 valence electrons. The molecule has 1 aliphatic rings. The van der Waals surface area contributed by atoms with E-state index in [4.69, 9.17) is 23.1 Å². The van der Waals surface area contributed by atoms with Crippen molar-refractivity contribution < 1.29 is 0 Å². The predicted molar refractivity (Wildman–Crippen MR) is 111 cm³/mol. The molecule has 0 amide bonds. The van der Waals surface area contributed by atoms with E-state index in [2.05, 4.69) is 33.7 Å². The molecule has 0 bridgehead atoms. The molecule has 0 aliphatic carbocycles. The lowest BCUT2D eigenvalue weighted by Gasteiger charge is -2.44. The number of piperidine rings is 1. The van der Waals surface area contributed by atoms with Crippen molar-refractivity contribution >= 4 is 23.2 Å². The minimum atomic E-state index is 0.259. The van der Waals surface area contributed by atoms with Crippen LogP contribution in [0.25, 0.3) is 0 Å². The molecule has 0 unspecified atom stereocenters. The Hall–Kier alpha value is -1.92. The summed E-state index contributed by atoms with van der Waals surface area (Å²) < 4.78 is 0. The van der Waals surface area contributed by atoms with Gasteiger partial charge in [-0.25, -0.2) is 9.97 Å². The number of hydrogen-bond acceptors (Lipinski definition) is 6. The molecule has 3 heterocycles. The van der Waals surface area contributed by atoms with E-state index in [9.17, 15) is 0 Å². The topological polar surface area (TPSA) is 94.0 Å². The van der Waals surface area contributed by atoms with Crippen LogP contribution in [-0.4, -0.2) is 34.6 Å². The average molecular weight is 389 g/mol. The van der Waals surface area contributed by atoms with Crippen LogP contribution in [0, 0.1) is 11.3 Å². The van der Waals surface area contributed by atoms with Gasteiger partial charge in [-0.3, -0.25) is 4.98 Å². The molecule has 6 nitrogen and oxygen atoms in total. The van der Waals surface area contributed by atoms with Gasteiger partial charge in [0.2, 0.25) is 0 Å². The normalized spacial score (nSPS) is 16.7. The first-order valence-electron chi connectivity index (χ1n) is 9.60. The summed E-state index contributed by atoms with van der Waals surface area (Å²) in [5.41, 5.74) is 14.0. The van der Waals surface area contributed by atoms with E-state index in [0.717, 1.165) is 62.4 Å². The predicted octanol–water partition coefficient (Wildman–Crippen LogP) is 3.09. The number of anilines is 2. The lowest BCUT2D eigenvalue weighted by Crippen LogP contribution is -2.47. The monoisotopic (exact) mass is 388 g/mol. The van der Waals surface area contributed by atoms with Gasteiger partial charge >= 0.3 is 0 Å². The van der Waals surface area contributed by atoms with Gasteiger partial charge < -0.3 is 16.4 Å². The largest absolute Gasteiger partial charge is 0.382 e. The average Bonchev–Trinajstić information content (AvgIpc) is 2.69. The molecular weight excluding hydrogens is 360 g/mol. The first kappa shape index (κ1) is 19.8. The Morgan fingerprint density at radius 3 is 2.48 bits per heavy atom. The van der Waals surface area contributed by atoms with E-state index >= 15 is 0 Å². The van der Waals surface area contributed by atoms with Crippen LogP contribution in [0.2, 0.25) is 5.02 Å². The van der Waals surface area contributed by atoms with Gasteiger partial charge in [-0.05, 0) is 55.2 Å². The molecule has 4 N–H and O–H groups in total. The number of nitrogens with zero attached hydrogens (tertiary/aromatic N) is 4. The van der Waals surface area contributed by atoms with Gasteiger partial charge in [-0.15, -0.1) is 0 Å². The van der Waals surface area contributed by atoms with E-state index in [0.29, 0.717) is 16.8 Å². The SMILES string of the molecule is CC(C)C1(CN)CCN(c2cnc(CCc3ccnc(N)c3Cl)cn2)CC1. The number of halogens is 1. The summed E-state index contributed by atoms with van der Waals surface area (Å²) >= 11 is 6.20. The summed E-state index contributed by atoms with van der Waals surface area (Å²) in [5, 5.41) is 0.531. The molecule has 1 aliphatic heterocycles. The van der Waals surface area contributed by atoms with Crippen LogP contribution < -0.4 is 16.4 Å². The standard InChI is InChI=1S/C20H29ClN6/c1-14(2)20(13-22)6-9-27(10-7-20)17-12-25-16(11-26-17)4-3-15-5-8-24-19(23)18(15)21/h5,8,11-12,14H,3-4,6-7,9-10,13,22H2,1-2H3,(H2,23,24). The van der Waals surface area contributed by atoms with E-state index in [1.54, 1.807) is 6.20 Å². The van der Waals surface area contributed by atoms with Crippen LogP contribution in [0.4, 0.5) is 11.6 Å². The number of aromatic nitrogens is 3. The van der Waals surface area contributed by atoms with Crippen LogP contribution in [-0.2, 0) is 12.8 Å². The van der Waals surface area contributed by atoms with Crippen LogP contribution in [0.3, 0.4) is 0 Å². The number of pyridine rings is 1. The van der Waals surface area contributed by atoms with Crippen molar-refractivity contribution in [1.29, 1.82) is 0 Å². The van der Waals surface area contributed by atoms with Crippen LogP contribution >= 0.6 is 11.6 Å². The number of rotatable bonds is 6. The third-order valence-corrected chi connectivity index (χ3v) is 6.49. The summed E-state index contributed by atoms with van der Waals surface area (Å²) in [4.78, 5) is 15.5. The molecule has 0 aromatic carbocycles. The van der Waals surface area contributed by atoms with Crippen molar-refractivity contribution in [3.8, 4) is 0 Å². The molecular formula is C20H29ClN6. The Balaban J connectivity index is 1.59. The van der Waals surface area contributed by atoms with Gasteiger partial charge in [0.1, 0.15) is 11.6 Å². The van der Waals surface area contributed by atoms with Crippen LogP contribution in [0.15, 0.2) is 24.7 Å². The van der Waals surface area contributed by atoms with Gasteiger partial charge in [0.05, 0.1) is 23.1 Å². The van der Waals surface area contributed by atoms with Crippen molar-refractivity contribution in [3.05, 3.63) is 40.9 Å². The third kappa shape index (κ3) is 4.33. The molecule has 0 saturated carbocycles. The summed E-state index contributed by atoms with van der Waals surface area (Å²) in [7, 11) is 0. The van der Waals surface area contributed by atoms with Crippen molar-refractivity contribution in [2.75, 3.05) is 30.3 Å². The molecule has 1 saturated heterocycles. The van der Waals surface area contributed by atoms with Crippen molar-refractivity contribution in [1.82, 2.24) is 15.0 Å². The van der Waals surface area contributed by atoms with Gasteiger partial charge in [0, 0.05) is 19.3 Å². The summed E-state index contributed by atoms with van der Waals surface area (Å²) in [6.45, 7) is 7.27. The van der Waals surface area contributed by atoms with E-state index < -0.39 is 0 Å². The first-order chi connectivity index (χ1) is 12.9. The summed E-state index contributed by atoms with van der Waals surface area (Å²) in [5.74, 6) is 1.92. The number of nitrogen functional groups attached to an aromatic ring is 1. The highest BCUT2D eigenvalue weighted by Gasteiger charge is 2.36. The number of hydrogen-bond donors (Lipinski definition) is 2. The molecule has 27 heavy (non-hydrogen) atoms. The number of nitrogens with two attached hydrogens (primary N) is 2. The Morgan fingerprint density at radius 2 is 1.89 bits per heavy atom. The second-order valence-electron chi connectivity index (χ2n) is 7.74. The second kappa shape index (κ2) is 8.40. The lowest BCUT2D eigenvalue weighted by atomic mass is 9.70. The van der Waals surface area contributed by atoms with E-state index in [1.165, 1.54) is 0 Å². The second-order valence-corrected chi connectivity index (χ2v) is 8.12. The molecule has 1 fully saturated rings. The fourth-order valence-corrected chi connectivity index (χ4v) is 4.00. The highest BCUT2D eigenvalue weighted by atomic mass is 35.5. The molecule has 0 atom stereocenters. The van der Waals surface area contributed by atoms with E-state index in [1.807, 2.05) is 18.5 Å². The Labute approximate surface area is 166 Å². The lowest BCUT2D eigenvalue weighted by molar-refractivity contribution is 0.149. The molecule has 0 radical (unpaired) electrons. The third-order valence-electron chi connectivity index (χ3n) is 6.05. The fraction of sp³-hybridized carbons (Fsp3) is 0.550. The summed E-state index contributed by atoms with van der Waals surface area (Å²) in [6, 6.07) is 1.90. The smallest absolute Gasteiger partial charge is 0.147 e. The maximum absolute atomic E-state index is 6.20. The zero-order valence-electron chi connectivity index (χ0n) is 16.2. The van der Waals surface area contributed by atoms with Crippen molar-refractivity contribution in [2.45, 2.75) is 39.5 Å². The Bertz CT molecular complexity index is 754. The summed E-state index contributed by atoms with van der Waals surface area (Å²) in [6.07, 6.45) is 9.15. The zero-order chi connectivity index (χ0) is 19.4. The minimum absolute atomic E-state index is 0.259. The highest BCUT2D eigenvalue weighted by molar-refractivity contribution is 6.33.